The Bertz CT molecular complexity index is 391. The molecule has 1 aromatic carbocycles. The summed E-state index contributed by atoms with van der Waals surface area (Å²) in [5.41, 5.74) is 2.38. The van der Waals surface area contributed by atoms with Gasteiger partial charge < -0.3 is 14.8 Å². The van der Waals surface area contributed by atoms with Crippen molar-refractivity contribution < 1.29 is 9.47 Å². The van der Waals surface area contributed by atoms with Gasteiger partial charge in [0, 0.05) is 18.2 Å². The van der Waals surface area contributed by atoms with Gasteiger partial charge in [-0.1, -0.05) is 19.9 Å². The van der Waals surface area contributed by atoms with E-state index in [4.69, 9.17) is 9.47 Å². The SMILES string of the molecule is CNC(C)c1ccc(OC)c(COCCCC(C)C)c1. The average Bonchev–Trinajstić information content (AvgIpc) is 2.45. The first kappa shape index (κ1) is 17.0. The molecule has 0 spiro atoms. The van der Waals surface area contributed by atoms with E-state index in [0.717, 1.165) is 30.3 Å². The van der Waals surface area contributed by atoms with E-state index in [1.165, 1.54) is 12.0 Å². The van der Waals surface area contributed by atoms with Crippen LogP contribution in [-0.2, 0) is 11.3 Å². The van der Waals surface area contributed by atoms with Crippen molar-refractivity contribution in [3.8, 4) is 5.75 Å². The summed E-state index contributed by atoms with van der Waals surface area (Å²) in [6.07, 6.45) is 2.33. The molecule has 0 radical (unpaired) electrons. The molecule has 0 saturated carbocycles. The first-order valence-corrected chi connectivity index (χ1v) is 7.50. The van der Waals surface area contributed by atoms with Crippen molar-refractivity contribution in [3.63, 3.8) is 0 Å². The minimum Gasteiger partial charge on any atom is -0.496 e. The van der Waals surface area contributed by atoms with E-state index >= 15 is 0 Å². The Balaban J connectivity index is 2.57. The van der Waals surface area contributed by atoms with Crippen LogP contribution in [0.3, 0.4) is 0 Å². The fourth-order valence-electron chi connectivity index (χ4n) is 2.12. The Morgan fingerprint density at radius 1 is 1.20 bits per heavy atom. The summed E-state index contributed by atoms with van der Waals surface area (Å²) in [5, 5.41) is 3.25. The van der Waals surface area contributed by atoms with Crippen LogP contribution >= 0.6 is 0 Å². The number of ether oxygens (including phenoxy) is 2. The highest BCUT2D eigenvalue weighted by molar-refractivity contribution is 5.38. The maximum Gasteiger partial charge on any atom is 0.124 e. The van der Waals surface area contributed by atoms with Gasteiger partial charge in [-0.25, -0.2) is 0 Å². The van der Waals surface area contributed by atoms with E-state index in [0.29, 0.717) is 12.6 Å². The standard InChI is InChI=1S/C17H29NO2/c1-13(2)7-6-10-20-12-16-11-15(14(3)18-4)8-9-17(16)19-5/h8-9,11,13-14,18H,6-7,10,12H2,1-5H3. The molecular weight excluding hydrogens is 250 g/mol. The fourth-order valence-corrected chi connectivity index (χ4v) is 2.12. The van der Waals surface area contributed by atoms with Gasteiger partial charge in [0.15, 0.2) is 0 Å². The van der Waals surface area contributed by atoms with Crippen LogP contribution in [0.15, 0.2) is 18.2 Å². The average molecular weight is 279 g/mol. The number of methoxy groups -OCH3 is 1. The zero-order valence-electron chi connectivity index (χ0n) is 13.5. The summed E-state index contributed by atoms with van der Waals surface area (Å²) in [4.78, 5) is 0. The van der Waals surface area contributed by atoms with Gasteiger partial charge in [-0.05, 0) is 50.4 Å². The molecule has 1 rings (SSSR count). The Hall–Kier alpha value is -1.06. The van der Waals surface area contributed by atoms with Crippen molar-refractivity contribution in [2.75, 3.05) is 20.8 Å². The zero-order chi connectivity index (χ0) is 15.0. The summed E-state index contributed by atoms with van der Waals surface area (Å²) in [6, 6.07) is 6.63. The third kappa shape index (κ3) is 5.51. The highest BCUT2D eigenvalue weighted by Gasteiger charge is 2.08. The van der Waals surface area contributed by atoms with E-state index < -0.39 is 0 Å². The van der Waals surface area contributed by atoms with Gasteiger partial charge in [0.2, 0.25) is 0 Å². The molecule has 0 heterocycles. The van der Waals surface area contributed by atoms with Crippen molar-refractivity contribution in [3.05, 3.63) is 29.3 Å². The monoisotopic (exact) mass is 279 g/mol. The topological polar surface area (TPSA) is 30.5 Å². The fraction of sp³-hybridized carbons (Fsp3) is 0.647. The molecule has 1 unspecified atom stereocenters. The maximum absolute atomic E-state index is 5.78. The molecule has 0 aliphatic heterocycles. The second-order valence-electron chi connectivity index (χ2n) is 5.67. The summed E-state index contributed by atoms with van der Waals surface area (Å²) in [7, 11) is 3.68. The summed E-state index contributed by atoms with van der Waals surface area (Å²) < 4.78 is 11.2. The molecule has 0 bridgehead atoms. The number of hydrogen-bond acceptors (Lipinski definition) is 3. The molecule has 1 aromatic rings. The molecule has 20 heavy (non-hydrogen) atoms. The number of rotatable bonds is 9. The first-order chi connectivity index (χ1) is 9.58. The van der Waals surface area contributed by atoms with Crippen LogP contribution in [-0.4, -0.2) is 20.8 Å². The highest BCUT2D eigenvalue weighted by Crippen LogP contribution is 2.24. The predicted molar refractivity (Wildman–Crippen MR) is 84.2 cm³/mol. The lowest BCUT2D eigenvalue weighted by Gasteiger charge is -2.15. The quantitative estimate of drug-likeness (QED) is 0.695. The Kier molecular flexibility index (Phi) is 7.63. The molecule has 0 amide bonds. The lowest BCUT2D eigenvalue weighted by Crippen LogP contribution is -2.12. The lowest BCUT2D eigenvalue weighted by molar-refractivity contribution is 0.113. The third-order valence-corrected chi connectivity index (χ3v) is 3.57. The maximum atomic E-state index is 5.78. The van der Waals surface area contributed by atoms with Crippen LogP contribution in [0.5, 0.6) is 5.75 Å². The van der Waals surface area contributed by atoms with Gasteiger partial charge in [0.1, 0.15) is 5.75 Å². The summed E-state index contributed by atoms with van der Waals surface area (Å²) >= 11 is 0. The van der Waals surface area contributed by atoms with Gasteiger partial charge in [0.05, 0.1) is 13.7 Å². The van der Waals surface area contributed by atoms with E-state index in [9.17, 15) is 0 Å². The molecule has 1 atom stereocenters. The summed E-state index contributed by atoms with van der Waals surface area (Å²) in [6.45, 7) is 8.06. The van der Waals surface area contributed by atoms with E-state index in [1.54, 1.807) is 7.11 Å². The van der Waals surface area contributed by atoms with E-state index in [1.807, 2.05) is 13.1 Å². The lowest BCUT2D eigenvalue weighted by atomic mass is 10.0. The van der Waals surface area contributed by atoms with Crippen molar-refractivity contribution in [2.24, 2.45) is 5.92 Å². The molecule has 1 N–H and O–H groups in total. The second kappa shape index (κ2) is 8.98. The van der Waals surface area contributed by atoms with Crippen molar-refractivity contribution >= 4 is 0 Å². The normalized spacial score (nSPS) is 12.7. The van der Waals surface area contributed by atoms with Gasteiger partial charge >= 0.3 is 0 Å². The van der Waals surface area contributed by atoms with Crippen LogP contribution in [0.25, 0.3) is 0 Å². The molecule has 0 aliphatic rings. The van der Waals surface area contributed by atoms with Crippen LogP contribution < -0.4 is 10.1 Å². The molecule has 3 nitrogen and oxygen atoms in total. The Labute approximate surface area is 123 Å². The van der Waals surface area contributed by atoms with Crippen LogP contribution in [0.1, 0.15) is 50.8 Å². The smallest absolute Gasteiger partial charge is 0.124 e. The van der Waals surface area contributed by atoms with Crippen LogP contribution in [0.2, 0.25) is 0 Å². The highest BCUT2D eigenvalue weighted by atomic mass is 16.5. The Morgan fingerprint density at radius 3 is 2.55 bits per heavy atom. The molecule has 0 fully saturated rings. The first-order valence-electron chi connectivity index (χ1n) is 7.50. The van der Waals surface area contributed by atoms with Crippen LogP contribution in [0.4, 0.5) is 0 Å². The van der Waals surface area contributed by atoms with Gasteiger partial charge in [-0.2, -0.15) is 0 Å². The molecule has 0 aliphatic carbocycles. The Morgan fingerprint density at radius 2 is 1.95 bits per heavy atom. The minimum absolute atomic E-state index is 0.334. The predicted octanol–water partition coefficient (Wildman–Crippen LogP) is 3.93. The number of hydrogen-bond donors (Lipinski definition) is 1. The summed E-state index contributed by atoms with van der Waals surface area (Å²) in [5.74, 6) is 1.65. The number of benzene rings is 1. The zero-order valence-corrected chi connectivity index (χ0v) is 13.5. The van der Waals surface area contributed by atoms with Gasteiger partial charge in [-0.3, -0.25) is 0 Å². The molecule has 114 valence electrons. The van der Waals surface area contributed by atoms with E-state index in [2.05, 4.69) is 38.2 Å². The number of nitrogens with one attached hydrogen (secondary N) is 1. The van der Waals surface area contributed by atoms with Crippen molar-refractivity contribution in [1.82, 2.24) is 5.32 Å². The molecule has 3 heteroatoms. The van der Waals surface area contributed by atoms with Crippen molar-refractivity contribution in [1.29, 1.82) is 0 Å². The molecule has 0 saturated heterocycles. The largest absolute Gasteiger partial charge is 0.496 e. The third-order valence-electron chi connectivity index (χ3n) is 3.57. The van der Waals surface area contributed by atoms with E-state index in [-0.39, 0.29) is 0 Å². The molecular formula is C17H29NO2. The minimum atomic E-state index is 0.334. The van der Waals surface area contributed by atoms with Gasteiger partial charge in [-0.15, -0.1) is 0 Å². The molecule has 0 aromatic heterocycles. The second-order valence-corrected chi connectivity index (χ2v) is 5.67. The van der Waals surface area contributed by atoms with Crippen LogP contribution in [0, 0.1) is 5.92 Å². The van der Waals surface area contributed by atoms with Crippen molar-refractivity contribution in [2.45, 2.75) is 46.3 Å². The van der Waals surface area contributed by atoms with Gasteiger partial charge in [0.25, 0.3) is 0 Å².